The smallest absolute Gasteiger partial charge is 0.410 e. The molecule has 18 heavy (non-hydrogen) atoms. The van der Waals surface area contributed by atoms with Gasteiger partial charge in [-0.1, -0.05) is 29.8 Å². The Morgan fingerprint density at radius 2 is 2.00 bits per heavy atom. The first-order valence-electron chi connectivity index (χ1n) is 5.49. The number of hydrogen-bond donors (Lipinski definition) is 1. The molecule has 2 aromatic rings. The summed E-state index contributed by atoms with van der Waals surface area (Å²) in [4.78, 5) is 12.6. The number of nitrogens with one attached hydrogen (secondary N) is 1. The van der Waals surface area contributed by atoms with Crippen LogP contribution in [0.25, 0.3) is 0 Å². The van der Waals surface area contributed by atoms with E-state index in [1.165, 1.54) is 11.3 Å². The first kappa shape index (κ1) is 12.9. The van der Waals surface area contributed by atoms with Crippen molar-refractivity contribution in [2.45, 2.75) is 6.42 Å². The normalized spacial score (nSPS) is 10.1. The van der Waals surface area contributed by atoms with Gasteiger partial charge in [0.25, 0.3) is 0 Å². The van der Waals surface area contributed by atoms with Crippen molar-refractivity contribution in [1.82, 2.24) is 5.32 Å². The van der Waals surface area contributed by atoms with Crippen LogP contribution >= 0.6 is 22.9 Å². The van der Waals surface area contributed by atoms with Crippen molar-refractivity contribution in [3.63, 3.8) is 0 Å². The molecular weight excluding hydrogens is 270 g/mol. The summed E-state index contributed by atoms with van der Waals surface area (Å²) in [5, 5.41) is 2.69. The maximum absolute atomic E-state index is 11.5. The predicted molar refractivity (Wildman–Crippen MR) is 73.5 cm³/mol. The second-order valence-electron chi connectivity index (χ2n) is 3.59. The molecule has 1 N–H and O–H groups in total. The van der Waals surface area contributed by atoms with Crippen LogP contribution in [0.2, 0.25) is 4.34 Å². The van der Waals surface area contributed by atoms with E-state index in [9.17, 15) is 4.79 Å². The minimum Gasteiger partial charge on any atom is -0.410 e. The van der Waals surface area contributed by atoms with Crippen LogP contribution in [0.1, 0.15) is 4.88 Å². The van der Waals surface area contributed by atoms with E-state index in [0.29, 0.717) is 12.3 Å². The van der Waals surface area contributed by atoms with Crippen LogP contribution in [0, 0.1) is 0 Å². The SMILES string of the molecule is O=C(NCCc1ccc(Cl)s1)Oc1ccccc1. The number of halogens is 1. The molecule has 0 atom stereocenters. The number of hydrogen-bond acceptors (Lipinski definition) is 3. The highest BCUT2D eigenvalue weighted by atomic mass is 35.5. The summed E-state index contributed by atoms with van der Waals surface area (Å²) in [6.45, 7) is 0.530. The van der Waals surface area contributed by atoms with Crippen LogP contribution in [0.15, 0.2) is 42.5 Å². The van der Waals surface area contributed by atoms with Gasteiger partial charge in [-0.05, 0) is 30.7 Å². The molecule has 0 aliphatic carbocycles. The van der Waals surface area contributed by atoms with Crippen molar-refractivity contribution < 1.29 is 9.53 Å². The lowest BCUT2D eigenvalue weighted by Gasteiger charge is -2.05. The fourth-order valence-corrected chi connectivity index (χ4v) is 2.49. The Labute approximate surface area is 114 Å². The van der Waals surface area contributed by atoms with Gasteiger partial charge in [-0.3, -0.25) is 0 Å². The maximum atomic E-state index is 11.5. The van der Waals surface area contributed by atoms with E-state index in [-0.39, 0.29) is 0 Å². The van der Waals surface area contributed by atoms with Crippen LogP contribution < -0.4 is 10.1 Å². The van der Waals surface area contributed by atoms with Crippen LogP contribution in [-0.4, -0.2) is 12.6 Å². The van der Waals surface area contributed by atoms with Crippen LogP contribution in [0.5, 0.6) is 5.75 Å². The molecule has 5 heteroatoms. The predicted octanol–water partition coefficient (Wildman–Crippen LogP) is 3.73. The molecule has 0 saturated heterocycles. The lowest BCUT2D eigenvalue weighted by molar-refractivity contribution is 0.200. The average Bonchev–Trinajstić information content (AvgIpc) is 2.76. The Hall–Kier alpha value is -1.52. The van der Waals surface area contributed by atoms with Crippen molar-refractivity contribution in [2.75, 3.05) is 6.54 Å². The van der Waals surface area contributed by atoms with Crippen LogP contribution in [-0.2, 0) is 6.42 Å². The molecule has 0 spiro atoms. The lowest BCUT2D eigenvalue weighted by Crippen LogP contribution is -2.28. The van der Waals surface area contributed by atoms with Gasteiger partial charge in [-0.2, -0.15) is 0 Å². The zero-order valence-corrected chi connectivity index (χ0v) is 11.1. The van der Waals surface area contributed by atoms with E-state index in [0.717, 1.165) is 15.6 Å². The first-order chi connectivity index (χ1) is 8.74. The molecule has 1 amide bonds. The zero-order chi connectivity index (χ0) is 12.8. The van der Waals surface area contributed by atoms with E-state index < -0.39 is 6.09 Å². The number of ether oxygens (including phenoxy) is 1. The third-order valence-corrected chi connectivity index (χ3v) is 3.51. The second kappa shape index (κ2) is 6.42. The zero-order valence-electron chi connectivity index (χ0n) is 9.56. The number of para-hydroxylation sites is 1. The molecule has 2 rings (SSSR count). The quantitative estimate of drug-likeness (QED) is 0.927. The van der Waals surface area contributed by atoms with Gasteiger partial charge in [0.1, 0.15) is 5.75 Å². The van der Waals surface area contributed by atoms with Gasteiger partial charge < -0.3 is 10.1 Å². The number of amides is 1. The highest BCUT2D eigenvalue weighted by Gasteiger charge is 2.03. The Bertz CT molecular complexity index is 513. The number of thiophene rings is 1. The molecule has 0 saturated carbocycles. The van der Waals surface area contributed by atoms with Gasteiger partial charge in [0.15, 0.2) is 0 Å². The fourth-order valence-electron chi connectivity index (χ4n) is 1.41. The summed E-state index contributed by atoms with van der Waals surface area (Å²) < 4.78 is 5.85. The summed E-state index contributed by atoms with van der Waals surface area (Å²) in [5.74, 6) is 0.536. The number of carbonyl (C=O) groups excluding carboxylic acids is 1. The third kappa shape index (κ3) is 4.05. The van der Waals surface area contributed by atoms with Crippen molar-refractivity contribution in [2.24, 2.45) is 0 Å². The van der Waals surface area contributed by atoms with Crippen molar-refractivity contribution in [3.8, 4) is 5.75 Å². The van der Waals surface area contributed by atoms with E-state index in [2.05, 4.69) is 5.32 Å². The standard InChI is InChI=1S/C13H12ClNO2S/c14-12-7-6-11(18-12)8-9-15-13(16)17-10-4-2-1-3-5-10/h1-7H,8-9H2,(H,15,16). The molecule has 0 aliphatic rings. The largest absolute Gasteiger partial charge is 0.412 e. The molecule has 1 heterocycles. The Morgan fingerprint density at radius 1 is 1.22 bits per heavy atom. The number of benzene rings is 1. The number of rotatable bonds is 4. The highest BCUT2D eigenvalue weighted by molar-refractivity contribution is 7.16. The fraction of sp³-hybridized carbons (Fsp3) is 0.154. The van der Waals surface area contributed by atoms with Crippen molar-refractivity contribution in [3.05, 3.63) is 51.7 Å². The first-order valence-corrected chi connectivity index (χ1v) is 6.68. The van der Waals surface area contributed by atoms with E-state index in [1.54, 1.807) is 12.1 Å². The maximum Gasteiger partial charge on any atom is 0.412 e. The molecule has 0 unspecified atom stereocenters. The number of carbonyl (C=O) groups is 1. The second-order valence-corrected chi connectivity index (χ2v) is 5.38. The molecule has 1 aromatic carbocycles. The Morgan fingerprint density at radius 3 is 2.67 bits per heavy atom. The van der Waals surface area contributed by atoms with Gasteiger partial charge in [0.2, 0.25) is 0 Å². The van der Waals surface area contributed by atoms with Gasteiger partial charge >= 0.3 is 6.09 Å². The minimum absolute atomic E-state index is 0.441. The summed E-state index contributed by atoms with van der Waals surface area (Å²) >= 11 is 7.33. The topological polar surface area (TPSA) is 38.3 Å². The van der Waals surface area contributed by atoms with Gasteiger partial charge in [0.05, 0.1) is 4.34 Å². The van der Waals surface area contributed by atoms with Crippen LogP contribution in [0.3, 0.4) is 0 Å². The average molecular weight is 282 g/mol. The summed E-state index contributed by atoms with van der Waals surface area (Å²) in [6, 6.07) is 12.8. The van der Waals surface area contributed by atoms with Crippen LogP contribution in [0.4, 0.5) is 4.79 Å². The minimum atomic E-state index is -0.441. The van der Waals surface area contributed by atoms with Gasteiger partial charge in [-0.25, -0.2) is 4.79 Å². The lowest BCUT2D eigenvalue weighted by atomic mass is 10.3. The molecule has 1 aromatic heterocycles. The third-order valence-electron chi connectivity index (χ3n) is 2.22. The van der Waals surface area contributed by atoms with Crippen molar-refractivity contribution in [1.29, 1.82) is 0 Å². The van der Waals surface area contributed by atoms with Crippen molar-refractivity contribution >= 4 is 29.0 Å². The molecular formula is C13H12ClNO2S. The summed E-state index contributed by atoms with van der Waals surface area (Å²) in [7, 11) is 0. The Kier molecular flexibility index (Phi) is 4.61. The van der Waals surface area contributed by atoms with Gasteiger partial charge in [0, 0.05) is 11.4 Å². The molecule has 0 aliphatic heterocycles. The highest BCUT2D eigenvalue weighted by Crippen LogP contribution is 2.21. The molecule has 94 valence electrons. The summed E-state index contributed by atoms with van der Waals surface area (Å²) in [5.41, 5.74) is 0. The molecule has 3 nitrogen and oxygen atoms in total. The molecule has 0 bridgehead atoms. The van der Waals surface area contributed by atoms with Gasteiger partial charge in [-0.15, -0.1) is 11.3 Å². The summed E-state index contributed by atoms with van der Waals surface area (Å²) in [6.07, 6.45) is 0.310. The van der Waals surface area contributed by atoms with E-state index in [1.807, 2.05) is 30.3 Å². The monoisotopic (exact) mass is 281 g/mol. The molecule has 0 radical (unpaired) electrons. The van der Waals surface area contributed by atoms with E-state index >= 15 is 0 Å². The Balaban J connectivity index is 1.72. The molecule has 0 fully saturated rings. The van der Waals surface area contributed by atoms with E-state index in [4.69, 9.17) is 16.3 Å².